The molecule has 0 aliphatic heterocycles. The van der Waals surface area contributed by atoms with Crippen LogP contribution in [0.1, 0.15) is 11.1 Å². The Hall–Kier alpha value is -3.20. The number of rotatable bonds is 5. The second-order valence-corrected chi connectivity index (χ2v) is 4.62. The van der Waals surface area contributed by atoms with Crippen LogP contribution in [-0.2, 0) is 0 Å². The van der Waals surface area contributed by atoms with Crippen LogP contribution >= 0.6 is 0 Å². The van der Waals surface area contributed by atoms with Crippen LogP contribution < -0.4 is 19.3 Å². The first-order valence-corrected chi connectivity index (χ1v) is 6.77. The summed E-state index contributed by atoms with van der Waals surface area (Å²) in [5, 5.41) is 20.2. The number of hydrogen-bond acceptors (Lipinski definition) is 5. The molecule has 0 aromatic heterocycles. The zero-order valence-corrected chi connectivity index (χ0v) is 13.1. The molecule has 0 radical (unpaired) electrons. The molecule has 118 valence electrons. The van der Waals surface area contributed by atoms with Crippen LogP contribution in [0, 0.1) is 5.39 Å². The maximum absolute atomic E-state index is 11.4. The maximum Gasteiger partial charge on any atom is 0.378 e. The van der Waals surface area contributed by atoms with Crippen molar-refractivity contribution in [2.45, 2.75) is 0 Å². The van der Waals surface area contributed by atoms with Gasteiger partial charge in [-0.3, -0.25) is 0 Å². The van der Waals surface area contributed by atoms with Crippen LogP contribution in [0.25, 0.3) is 17.1 Å². The molecular formula is C17H16N2O4. The largest absolute Gasteiger partial charge is 0.867 e. The molecule has 0 bridgehead atoms. The van der Waals surface area contributed by atoms with Gasteiger partial charge in [-0.2, -0.15) is 0 Å². The maximum atomic E-state index is 11.4. The average molecular weight is 312 g/mol. The van der Waals surface area contributed by atoms with Crippen molar-refractivity contribution in [3.05, 3.63) is 46.4 Å². The Morgan fingerprint density at radius 1 is 0.913 bits per heavy atom. The summed E-state index contributed by atoms with van der Waals surface area (Å²) >= 11 is 0. The highest BCUT2D eigenvalue weighted by Gasteiger charge is 2.12. The Kier molecular flexibility index (Phi) is 5.05. The van der Waals surface area contributed by atoms with E-state index < -0.39 is 0 Å². The van der Waals surface area contributed by atoms with Gasteiger partial charge in [-0.1, -0.05) is 24.3 Å². The van der Waals surface area contributed by atoms with Crippen LogP contribution in [0.15, 0.2) is 30.3 Å². The lowest BCUT2D eigenvalue weighted by molar-refractivity contribution is -0.266. The molecule has 0 N–H and O–H groups in total. The summed E-state index contributed by atoms with van der Waals surface area (Å²) in [7, 11) is 4.64. The minimum absolute atomic E-state index is 0.00274. The summed E-state index contributed by atoms with van der Waals surface area (Å²) in [6.45, 7) is 0. The molecule has 0 fully saturated rings. The molecule has 0 spiro atoms. The van der Waals surface area contributed by atoms with E-state index in [0.717, 1.165) is 11.1 Å². The third-order valence-corrected chi connectivity index (χ3v) is 3.25. The number of benzene rings is 2. The van der Waals surface area contributed by atoms with Gasteiger partial charge < -0.3 is 19.3 Å². The molecule has 0 unspecified atom stereocenters. The molecule has 6 heteroatoms. The highest BCUT2D eigenvalue weighted by molar-refractivity contribution is 5.75. The van der Waals surface area contributed by atoms with E-state index in [2.05, 4.69) is 4.98 Å². The van der Waals surface area contributed by atoms with Crippen LogP contribution in [0.4, 0.5) is 5.69 Å². The lowest BCUT2D eigenvalue weighted by Crippen LogP contribution is -1.95. The topological polar surface area (TPSA) is 78.9 Å². The summed E-state index contributed by atoms with van der Waals surface area (Å²) < 4.78 is 15.9. The molecule has 2 rings (SSSR count). The molecule has 0 aliphatic carbocycles. The van der Waals surface area contributed by atoms with Gasteiger partial charge in [0.15, 0.2) is 16.5 Å². The standard InChI is InChI=1S/C17H16N2O4/c1-21-15-9-12(10-16(22-2)17(15)23-3)5-4-11-6-7-14(20)13(8-11)19-18/h4-10H,1-3H3/b5-4-. The minimum Gasteiger partial charge on any atom is -0.867 e. The third kappa shape index (κ3) is 3.52. The predicted octanol–water partition coefficient (Wildman–Crippen LogP) is 3.44. The van der Waals surface area contributed by atoms with Gasteiger partial charge in [-0.05, 0) is 29.0 Å². The van der Waals surface area contributed by atoms with E-state index in [0.29, 0.717) is 17.2 Å². The molecule has 6 nitrogen and oxygen atoms in total. The Morgan fingerprint density at radius 3 is 2.04 bits per heavy atom. The van der Waals surface area contributed by atoms with Crippen molar-refractivity contribution < 1.29 is 19.3 Å². The van der Waals surface area contributed by atoms with E-state index >= 15 is 0 Å². The van der Waals surface area contributed by atoms with Gasteiger partial charge in [-0.25, -0.2) is 0 Å². The molecule has 0 amide bonds. The first kappa shape index (κ1) is 16.2. The lowest BCUT2D eigenvalue weighted by Gasteiger charge is -2.12. The van der Waals surface area contributed by atoms with E-state index in [1.807, 2.05) is 6.08 Å². The van der Waals surface area contributed by atoms with Crippen LogP contribution in [-0.4, -0.2) is 21.3 Å². The van der Waals surface area contributed by atoms with Crippen LogP contribution in [0.2, 0.25) is 0 Å². The smallest absolute Gasteiger partial charge is 0.378 e. The number of hydrogen-bond donors (Lipinski definition) is 0. The van der Waals surface area contributed by atoms with E-state index in [1.54, 1.807) is 45.6 Å². The van der Waals surface area contributed by atoms with Gasteiger partial charge >= 0.3 is 5.69 Å². The average Bonchev–Trinajstić information content (AvgIpc) is 2.59. The van der Waals surface area contributed by atoms with Gasteiger partial charge in [0.25, 0.3) is 0 Å². The number of diazo groups is 1. The third-order valence-electron chi connectivity index (χ3n) is 3.25. The fraction of sp³-hybridized carbons (Fsp3) is 0.176. The lowest BCUT2D eigenvalue weighted by atomic mass is 10.1. The fourth-order valence-electron chi connectivity index (χ4n) is 2.11. The molecule has 0 atom stereocenters. The summed E-state index contributed by atoms with van der Waals surface area (Å²) in [4.78, 5) is 2.96. The second-order valence-electron chi connectivity index (χ2n) is 4.62. The van der Waals surface area contributed by atoms with E-state index in [9.17, 15) is 5.11 Å². The zero-order chi connectivity index (χ0) is 16.8. The van der Waals surface area contributed by atoms with Gasteiger partial charge in [0.2, 0.25) is 11.1 Å². The number of nitrogens with zero attached hydrogens (tertiary/aromatic N) is 2. The molecule has 2 aromatic carbocycles. The van der Waals surface area contributed by atoms with Crippen molar-refractivity contribution in [3.63, 3.8) is 0 Å². The summed E-state index contributed by atoms with van der Waals surface area (Å²) in [5.74, 6) is 1.28. The Morgan fingerprint density at radius 2 is 1.52 bits per heavy atom. The van der Waals surface area contributed by atoms with E-state index in [1.165, 1.54) is 12.1 Å². The Labute approximate surface area is 134 Å². The summed E-state index contributed by atoms with van der Waals surface area (Å²) in [5.41, 5.74) is 1.55. The normalized spacial score (nSPS) is 10.3. The van der Waals surface area contributed by atoms with E-state index in [4.69, 9.17) is 19.6 Å². The van der Waals surface area contributed by atoms with E-state index in [-0.39, 0.29) is 11.4 Å². The first-order chi connectivity index (χ1) is 11.1. The van der Waals surface area contributed by atoms with Gasteiger partial charge in [-0.15, -0.1) is 0 Å². The highest BCUT2D eigenvalue weighted by Crippen LogP contribution is 2.38. The zero-order valence-electron chi connectivity index (χ0n) is 13.1. The van der Waals surface area contributed by atoms with Crippen LogP contribution in [0.5, 0.6) is 23.0 Å². The molecule has 0 heterocycles. The Bertz CT molecular complexity index is 754. The van der Waals surface area contributed by atoms with Crippen molar-refractivity contribution in [1.82, 2.24) is 0 Å². The molecule has 0 aliphatic rings. The SMILES string of the molecule is COc1cc(/C=C\c2ccc([O-])c([N+]#N)c2)cc(OC)c1OC. The first-order valence-electron chi connectivity index (χ1n) is 6.77. The van der Waals surface area contributed by atoms with Crippen LogP contribution in [0.3, 0.4) is 0 Å². The predicted molar refractivity (Wildman–Crippen MR) is 85.7 cm³/mol. The summed E-state index contributed by atoms with van der Waals surface area (Å²) in [6, 6.07) is 8.10. The number of ether oxygens (including phenoxy) is 3. The van der Waals surface area contributed by atoms with Crippen molar-refractivity contribution in [1.29, 1.82) is 5.39 Å². The quantitative estimate of drug-likeness (QED) is 0.624. The molecular weight excluding hydrogens is 296 g/mol. The summed E-state index contributed by atoms with van der Waals surface area (Å²) in [6.07, 6.45) is 3.61. The number of methoxy groups -OCH3 is 3. The van der Waals surface area contributed by atoms with Gasteiger partial charge in [0, 0.05) is 6.07 Å². The Balaban J connectivity index is 2.38. The fourth-order valence-corrected chi connectivity index (χ4v) is 2.11. The second kappa shape index (κ2) is 7.18. The molecule has 0 saturated carbocycles. The molecule has 2 aromatic rings. The minimum atomic E-state index is -0.336. The van der Waals surface area contributed by atoms with Crippen molar-refractivity contribution in [2.75, 3.05) is 21.3 Å². The van der Waals surface area contributed by atoms with Gasteiger partial charge in [0.1, 0.15) is 0 Å². The van der Waals surface area contributed by atoms with Gasteiger partial charge in [0.05, 0.1) is 21.3 Å². The van der Waals surface area contributed by atoms with Crippen molar-refractivity contribution in [2.24, 2.45) is 0 Å². The molecule has 0 saturated heterocycles. The highest BCUT2D eigenvalue weighted by atomic mass is 16.5. The van der Waals surface area contributed by atoms with Crippen molar-refractivity contribution >= 4 is 17.8 Å². The van der Waals surface area contributed by atoms with Crippen molar-refractivity contribution in [3.8, 4) is 23.0 Å². The molecule has 23 heavy (non-hydrogen) atoms. The monoisotopic (exact) mass is 312 g/mol.